The third-order valence-corrected chi connectivity index (χ3v) is 5.94. The van der Waals surface area contributed by atoms with Crippen molar-refractivity contribution >= 4 is 23.2 Å². The second kappa shape index (κ2) is 9.52. The highest BCUT2D eigenvalue weighted by Crippen LogP contribution is 2.27. The van der Waals surface area contributed by atoms with Crippen LogP contribution >= 0.6 is 0 Å². The van der Waals surface area contributed by atoms with Gasteiger partial charge < -0.3 is 19.9 Å². The molecule has 2 amide bonds. The molecule has 1 N–H and O–H groups in total. The number of amides is 2. The molecule has 2 aliphatic heterocycles. The number of benzene rings is 2. The number of hydrogen-bond donors (Lipinski definition) is 1. The zero-order valence-electron chi connectivity index (χ0n) is 18.3. The number of hydrogen-bond acceptors (Lipinski definition) is 4. The molecule has 1 fully saturated rings. The van der Waals surface area contributed by atoms with Crippen molar-refractivity contribution in [2.75, 3.05) is 36.5 Å². The first kappa shape index (κ1) is 21.4. The van der Waals surface area contributed by atoms with Crippen molar-refractivity contribution < 1.29 is 14.3 Å². The molecule has 4 rings (SSSR count). The van der Waals surface area contributed by atoms with E-state index in [1.807, 2.05) is 50.2 Å². The molecule has 164 valence electrons. The van der Waals surface area contributed by atoms with Crippen LogP contribution in [0.3, 0.4) is 0 Å². The van der Waals surface area contributed by atoms with Crippen LogP contribution in [0.1, 0.15) is 31.4 Å². The summed E-state index contributed by atoms with van der Waals surface area (Å²) < 4.78 is 5.44. The van der Waals surface area contributed by atoms with Gasteiger partial charge >= 0.3 is 0 Å². The summed E-state index contributed by atoms with van der Waals surface area (Å²) >= 11 is 0. The number of morpholine rings is 1. The van der Waals surface area contributed by atoms with Crippen molar-refractivity contribution in [3.05, 3.63) is 59.7 Å². The van der Waals surface area contributed by atoms with Crippen LogP contribution in [0.5, 0.6) is 0 Å². The van der Waals surface area contributed by atoms with Crippen LogP contribution < -0.4 is 10.2 Å². The minimum Gasteiger partial charge on any atom is -0.378 e. The van der Waals surface area contributed by atoms with Gasteiger partial charge in [-0.3, -0.25) is 9.59 Å². The Hall–Kier alpha value is -2.86. The molecule has 1 saturated heterocycles. The van der Waals surface area contributed by atoms with E-state index in [0.717, 1.165) is 35.6 Å². The summed E-state index contributed by atoms with van der Waals surface area (Å²) in [5, 5.41) is 3.07. The number of nitrogens with zero attached hydrogens (tertiary/aromatic N) is 2. The van der Waals surface area contributed by atoms with E-state index in [4.69, 9.17) is 4.74 Å². The van der Waals surface area contributed by atoms with Gasteiger partial charge in [0.15, 0.2) is 0 Å². The Morgan fingerprint density at radius 3 is 2.55 bits per heavy atom. The second-order valence-corrected chi connectivity index (χ2v) is 8.75. The number of nitrogens with one attached hydrogen (secondary N) is 1. The molecule has 6 nitrogen and oxygen atoms in total. The molecular weight excluding hydrogens is 390 g/mol. The molecule has 0 aromatic heterocycles. The van der Waals surface area contributed by atoms with Crippen LogP contribution in [0, 0.1) is 5.92 Å². The molecule has 1 unspecified atom stereocenters. The van der Waals surface area contributed by atoms with Crippen LogP contribution in [0.4, 0.5) is 11.4 Å². The normalized spacial score (nSPS) is 18.6. The largest absolute Gasteiger partial charge is 0.378 e. The van der Waals surface area contributed by atoms with Crippen LogP contribution in [0.15, 0.2) is 48.5 Å². The molecule has 1 atom stereocenters. The van der Waals surface area contributed by atoms with Crippen molar-refractivity contribution in [3.63, 3.8) is 0 Å². The number of carbonyl (C=O) groups is 2. The van der Waals surface area contributed by atoms with Gasteiger partial charge in [0.2, 0.25) is 11.8 Å². The summed E-state index contributed by atoms with van der Waals surface area (Å²) in [5.74, 6) is 0.149. The van der Waals surface area contributed by atoms with Crippen LogP contribution in [-0.4, -0.2) is 49.1 Å². The first-order valence-electron chi connectivity index (χ1n) is 11.1. The van der Waals surface area contributed by atoms with Gasteiger partial charge in [-0.1, -0.05) is 44.2 Å². The topological polar surface area (TPSA) is 61.9 Å². The average molecular weight is 422 g/mol. The summed E-state index contributed by atoms with van der Waals surface area (Å²) in [6, 6.07) is 15.5. The molecule has 0 saturated carbocycles. The van der Waals surface area contributed by atoms with Crippen molar-refractivity contribution in [1.29, 1.82) is 0 Å². The lowest BCUT2D eigenvalue weighted by atomic mass is 9.92. The van der Waals surface area contributed by atoms with E-state index >= 15 is 0 Å². The molecule has 6 heteroatoms. The zero-order chi connectivity index (χ0) is 21.8. The zero-order valence-corrected chi connectivity index (χ0v) is 18.3. The van der Waals surface area contributed by atoms with Gasteiger partial charge in [-0.05, 0) is 35.2 Å². The summed E-state index contributed by atoms with van der Waals surface area (Å²) in [6.45, 7) is 7.65. The number of carbonyl (C=O) groups excluding carboxylic acids is 2. The summed E-state index contributed by atoms with van der Waals surface area (Å²) in [4.78, 5) is 30.3. The Bertz CT molecular complexity index is 937. The Kier molecular flexibility index (Phi) is 6.56. The van der Waals surface area contributed by atoms with Gasteiger partial charge in [-0.25, -0.2) is 0 Å². The maximum Gasteiger partial charge on any atom is 0.247 e. The van der Waals surface area contributed by atoms with Crippen LogP contribution in [0.25, 0.3) is 0 Å². The van der Waals surface area contributed by atoms with E-state index in [9.17, 15) is 9.59 Å². The summed E-state index contributed by atoms with van der Waals surface area (Å²) in [7, 11) is 0. The molecule has 0 aliphatic carbocycles. The summed E-state index contributed by atoms with van der Waals surface area (Å²) in [6.07, 6.45) is 0.980. The van der Waals surface area contributed by atoms with Gasteiger partial charge in [0.25, 0.3) is 0 Å². The van der Waals surface area contributed by atoms with E-state index in [1.54, 1.807) is 4.90 Å². The Labute approximate surface area is 184 Å². The fourth-order valence-corrected chi connectivity index (χ4v) is 4.31. The van der Waals surface area contributed by atoms with Crippen LogP contribution in [0.2, 0.25) is 0 Å². The number of anilines is 2. The minimum atomic E-state index is -0.506. The Balaban J connectivity index is 1.53. The van der Waals surface area contributed by atoms with E-state index in [0.29, 0.717) is 32.6 Å². The lowest BCUT2D eigenvalue weighted by molar-refractivity contribution is -0.140. The van der Waals surface area contributed by atoms with E-state index < -0.39 is 6.04 Å². The highest BCUT2D eigenvalue weighted by Gasteiger charge is 2.34. The molecule has 0 bridgehead atoms. The quantitative estimate of drug-likeness (QED) is 0.803. The fourth-order valence-electron chi connectivity index (χ4n) is 4.31. The van der Waals surface area contributed by atoms with Gasteiger partial charge in [-0.15, -0.1) is 0 Å². The molecule has 0 spiro atoms. The smallest absolute Gasteiger partial charge is 0.247 e. The average Bonchev–Trinajstić information content (AvgIpc) is 2.78. The number of rotatable bonds is 5. The third-order valence-electron chi connectivity index (χ3n) is 5.94. The Morgan fingerprint density at radius 1 is 1.06 bits per heavy atom. The van der Waals surface area contributed by atoms with Crippen LogP contribution in [-0.2, 0) is 27.3 Å². The minimum absolute atomic E-state index is 0.0340. The van der Waals surface area contributed by atoms with E-state index in [1.165, 1.54) is 0 Å². The monoisotopic (exact) mass is 421 g/mol. The molecular formula is C25H31N3O3. The highest BCUT2D eigenvalue weighted by atomic mass is 16.5. The molecule has 2 aromatic rings. The van der Waals surface area contributed by atoms with Crippen molar-refractivity contribution in [3.8, 4) is 0 Å². The first-order valence-corrected chi connectivity index (χ1v) is 11.1. The van der Waals surface area contributed by atoms with E-state index in [-0.39, 0.29) is 17.7 Å². The van der Waals surface area contributed by atoms with E-state index in [2.05, 4.69) is 22.3 Å². The van der Waals surface area contributed by atoms with Gasteiger partial charge in [-0.2, -0.15) is 0 Å². The highest BCUT2D eigenvalue weighted by molar-refractivity contribution is 5.98. The molecule has 0 radical (unpaired) electrons. The standard InChI is InChI=1S/C25H31N3O3/c1-18(2)14-24(29)28-17-20-7-4-3-6-19(20)15-23(28)25(30)26-21-8-5-9-22(16-21)27-10-12-31-13-11-27/h3-9,16,18,23H,10-15,17H2,1-2H3,(H,26,30). The van der Waals surface area contributed by atoms with Gasteiger partial charge in [0.1, 0.15) is 6.04 Å². The lowest BCUT2D eigenvalue weighted by Gasteiger charge is -2.36. The predicted molar refractivity (Wildman–Crippen MR) is 122 cm³/mol. The summed E-state index contributed by atoms with van der Waals surface area (Å²) in [5.41, 5.74) is 4.09. The molecule has 2 aromatic carbocycles. The SMILES string of the molecule is CC(C)CC(=O)N1Cc2ccccc2CC1C(=O)Nc1cccc(N2CCOCC2)c1. The number of ether oxygens (including phenoxy) is 1. The molecule has 2 heterocycles. The molecule has 2 aliphatic rings. The molecule has 31 heavy (non-hydrogen) atoms. The maximum absolute atomic E-state index is 13.3. The lowest BCUT2D eigenvalue weighted by Crippen LogP contribution is -2.50. The van der Waals surface area contributed by atoms with Crippen molar-refractivity contribution in [1.82, 2.24) is 4.90 Å². The second-order valence-electron chi connectivity index (χ2n) is 8.75. The van der Waals surface area contributed by atoms with Crippen molar-refractivity contribution in [2.45, 2.75) is 39.3 Å². The first-order chi connectivity index (χ1) is 15.0. The third kappa shape index (κ3) is 5.07. The van der Waals surface area contributed by atoms with Crippen molar-refractivity contribution in [2.24, 2.45) is 5.92 Å². The fraction of sp³-hybridized carbons (Fsp3) is 0.440. The number of fused-ring (bicyclic) bond motifs is 1. The Morgan fingerprint density at radius 2 is 1.81 bits per heavy atom. The van der Waals surface area contributed by atoms with Gasteiger partial charge in [0.05, 0.1) is 13.2 Å². The van der Waals surface area contributed by atoms with Gasteiger partial charge in [0, 0.05) is 43.9 Å². The maximum atomic E-state index is 13.3. The predicted octanol–water partition coefficient (Wildman–Crippen LogP) is 3.46.